The SMILES string of the molecule is CC(C)(CCN)c1cc2c([nH]1)CCCC2. The smallest absolute Gasteiger partial charge is 0.0209 e. The first-order valence-corrected chi connectivity index (χ1v) is 6.05. The van der Waals surface area contributed by atoms with Gasteiger partial charge in [-0.25, -0.2) is 0 Å². The van der Waals surface area contributed by atoms with Crippen molar-refractivity contribution in [3.05, 3.63) is 23.0 Å². The number of nitrogens with one attached hydrogen (secondary N) is 1. The van der Waals surface area contributed by atoms with Gasteiger partial charge in [-0.3, -0.25) is 0 Å². The van der Waals surface area contributed by atoms with E-state index in [1.54, 1.807) is 5.56 Å². The fourth-order valence-electron chi connectivity index (χ4n) is 2.46. The second-order valence-corrected chi connectivity index (χ2v) is 5.32. The lowest BCUT2D eigenvalue weighted by molar-refractivity contribution is 0.474. The van der Waals surface area contributed by atoms with Crippen molar-refractivity contribution in [1.82, 2.24) is 4.98 Å². The van der Waals surface area contributed by atoms with E-state index in [4.69, 9.17) is 5.73 Å². The van der Waals surface area contributed by atoms with Gasteiger partial charge in [-0.2, -0.15) is 0 Å². The van der Waals surface area contributed by atoms with Crippen LogP contribution >= 0.6 is 0 Å². The fraction of sp³-hybridized carbons (Fsp3) is 0.692. The van der Waals surface area contributed by atoms with E-state index in [1.165, 1.54) is 37.1 Å². The average Bonchev–Trinajstić information content (AvgIpc) is 2.61. The van der Waals surface area contributed by atoms with Crippen molar-refractivity contribution in [2.75, 3.05) is 6.54 Å². The Bertz CT molecular complexity index is 313. The number of rotatable bonds is 3. The van der Waals surface area contributed by atoms with Crippen LogP contribution in [0.4, 0.5) is 0 Å². The number of hydrogen-bond donors (Lipinski definition) is 2. The zero-order valence-electron chi connectivity index (χ0n) is 9.90. The number of hydrogen-bond acceptors (Lipinski definition) is 1. The van der Waals surface area contributed by atoms with Crippen LogP contribution in [0.15, 0.2) is 6.07 Å². The van der Waals surface area contributed by atoms with Crippen molar-refractivity contribution in [2.45, 2.75) is 51.4 Å². The first-order chi connectivity index (χ1) is 7.13. The van der Waals surface area contributed by atoms with Crippen LogP contribution in [0.25, 0.3) is 0 Å². The fourth-order valence-corrected chi connectivity index (χ4v) is 2.46. The first-order valence-electron chi connectivity index (χ1n) is 6.05. The van der Waals surface area contributed by atoms with E-state index in [0.29, 0.717) is 0 Å². The number of fused-ring (bicyclic) bond motifs is 1. The third-order valence-electron chi connectivity index (χ3n) is 3.61. The van der Waals surface area contributed by atoms with Crippen molar-refractivity contribution in [2.24, 2.45) is 5.73 Å². The lowest BCUT2D eigenvalue weighted by Crippen LogP contribution is -2.22. The Balaban J connectivity index is 2.25. The van der Waals surface area contributed by atoms with E-state index in [9.17, 15) is 0 Å². The van der Waals surface area contributed by atoms with Crippen molar-refractivity contribution in [3.8, 4) is 0 Å². The Kier molecular flexibility index (Phi) is 2.87. The van der Waals surface area contributed by atoms with E-state index in [2.05, 4.69) is 24.9 Å². The maximum absolute atomic E-state index is 5.66. The zero-order valence-corrected chi connectivity index (χ0v) is 9.90. The molecule has 0 atom stereocenters. The zero-order chi connectivity index (χ0) is 10.9. The summed E-state index contributed by atoms with van der Waals surface area (Å²) in [6.45, 7) is 5.31. The van der Waals surface area contributed by atoms with Crippen LogP contribution in [0.5, 0.6) is 0 Å². The molecule has 0 fully saturated rings. The molecular formula is C13H22N2. The van der Waals surface area contributed by atoms with Crippen LogP contribution in [0, 0.1) is 0 Å². The van der Waals surface area contributed by atoms with Gasteiger partial charge in [0.1, 0.15) is 0 Å². The summed E-state index contributed by atoms with van der Waals surface area (Å²) in [6.07, 6.45) is 6.22. The molecule has 84 valence electrons. The van der Waals surface area contributed by atoms with Crippen molar-refractivity contribution < 1.29 is 0 Å². The van der Waals surface area contributed by atoms with Gasteiger partial charge in [-0.05, 0) is 50.3 Å². The first kappa shape index (κ1) is 10.7. The monoisotopic (exact) mass is 206 g/mol. The predicted octanol–water partition coefficient (Wildman–Crippen LogP) is 2.52. The van der Waals surface area contributed by atoms with E-state index in [-0.39, 0.29) is 5.41 Å². The minimum absolute atomic E-state index is 0.200. The lowest BCUT2D eigenvalue weighted by Gasteiger charge is -2.22. The molecule has 0 bridgehead atoms. The maximum Gasteiger partial charge on any atom is 0.0209 e. The lowest BCUT2D eigenvalue weighted by atomic mass is 9.85. The van der Waals surface area contributed by atoms with Gasteiger partial charge in [0, 0.05) is 16.8 Å². The molecule has 3 N–H and O–H groups in total. The number of aryl methyl sites for hydroxylation is 2. The Morgan fingerprint density at radius 3 is 2.73 bits per heavy atom. The topological polar surface area (TPSA) is 41.8 Å². The number of nitrogens with two attached hydrogens (primary N) is 1. The quantitative estimate of drug-likeness (QED) is 0.784. The molecule has 0 spiro atoms. The molecule has 2 nitrogen and oxygen atoms in total. The molecule has 0 saturated carbocycles. The van der Waals surface area contributed by atoms with Crippen LogP contribution < -0.4 is 5.73 Å². The van der Waals surface area contributed by atoms with Crippen LogP contribution in [-0.4, -0.2) is 11.5 Å². The molecule has 1 aromatic rings. The second kappa shape index (κ2) is 4.01. The molecule has 1 aliphatic rings. The highest BCUT2D eigenvalue weighted by Gasteiger charge is 2.24. The Morgan fingerprint density at radius 2 is 2.07 bits per heavy atom. The van der Waals surface area contributed by atoms with Gasteiger partial charge in [-0.15, -0.1) is 0 Å². The van der Waals surface area contributed by atoms with Crippen molar-refractivity contribution in [3.63, 3.8) is 0 Å². The van der Waals surface area contributed by atoms with E-state index in [1.807, 2.05) is 0 Å². The molecule has 0 unspecified atom stereocenters. The van der Waals surface area contributed by atoms with Crippen molar-refractivity contribution in [1.29, 1.82) is 0 Å². The largest absolute Gasteiger partial charge is 0.362 e. The standard InChI is InChI=1S/C13H22N2/c1-13(2,7-8-14)12-9-10-5-3-4-6-11(10)15-12/h9,15H,3-8,14H2,1-2H3. The van der Waals surface area contributed by atoms with Crippen LogP contribution in [0.3, 0.4) is 0 Å². The van der Waals surface area contributed by atoms with Gasteiger partial charge < -0.3 is 10.7 Å². The van der Waals surface area contributed by atoms with Gasteiger partial charge in [0.05, 0.1) is 0 Å². The summed E-state index contributed by atoms with van der Waals surface area (Å²) in [5.74, 6) is 0. The Hall–Kier alpha value is -0.760. The van der Waals surface area contributed by atoms with Gasteiger partial charge in [-0.1, -0.05) is 13.8 Å². The minimum atomic E-state index is 0.200. The summed E-state index contributed by atoms with van der Waals surface area (Å²) in [6, 6.07) is 2.37. The van der Waals surface area contributed by atoms with Gasteiger partial charge in [0.25, 0.3) is 0 Å². The van der Waals surface area contributed by atoms with E-state index < -0.39 is 0 Å². The highest BCUT2D eigenvalue weighted by Crippen LogP contribution is 2.30. The van der Waals surface area contributed by atoms with Crippen LogP contribution in [0.2, 0.25) is 0 Å². The van der Waals surface area contributed by atoms with Gasteiger partial charge >= 0.3 is 0 Å². The number of aromatic nitrogens is 1. The summed E-state index contributed by atoms with van der Waals surface area (Å²) in [5, 5.41) is 0. The van der Waals surface area contributed by atoms with E-state index in [0.717, 1.165) is 13.0 Å². The highest BCUT2D eigenvalue weighted by molar-refractivity contribution is 5.31. The summed E-state index contributed by atoms with van der Waals surface area (Å²) < 4.78 is 0. The molecule has 0 amide bonds. The Morgan fingerprint density at radius 1 is 1.33 bits per heavy atom. The molecule has 0 aliphatic heterocycles. The summed E-state index contributed by atoms with van der Waals surface area (Å²) >= 11 is 0. The van der Waals surface area contributed by atoms with Crippen LogP contribution in [0.1, 0.15) is 50.1 Å². The summed E-state index contributed by atoms with van der Waals surface area (Å²) in [7, 11) is 0. The second-order valence-electron chi connectivity index (χ2n) is 5.32. The molecule has 1 heterocycles. The molecule has 1 aliphatic carbocycles. The molecule has 1 aromatic heterocycles. The molecule has 2 heteroatoms. The minimum Gasteiger partial charge on any atom is -0.362 e. The van der Waals surface area contributed by atoms with Crippen LogP contribution in [-0.2, 0) is 18.3 Å². The average molecular weight is 206 g/mol. The number of aromatic amines is 1. The third kappa shape index (κ3) is 2.10. The maximum atomic E-state index is 5.66. The molecule has 0 saturated heterocycles. The molecule has 0 radical (unpaired) electrons. The molecule has 2 rings (SSSR count). The molecule has 0 aromatic carbocycles. The van der Waals surface area contributed by atoms with Gasteiger partial charge in [0.2, 0.25) is 0 Å². The van der Waals surface area contributed by atoms with E-state index >= 15 is 0 Å². The molecule has 15 heavy (non-hydrogen) atoms. The highest BCUT2D eigenvalue weighted by atomic mass is 14.8. The van der Waals surface area contributed by atoms with Gasteiger partial charge in [0.15, 0.2) is 0 Å². The predicted molar refractivity (Wildman–Crippen MR) is 64.1 cm³/mol. The summed E-state index contributed by atoms with van der Waals surface area (Å²) in [4.78, 5) is 3.60. The third-order valence-corrected chi connectivity index (χ3v) is 3.61. The normalized spacial score (nSPS) is 16.5. The Labute approximate surface area is 92.3 Å². The summed E-state index contributed by atoms with van der Waals surface area (Å²) in [5.41, 5.74) is 10.3. The van der Waals surface area contributed by atoms with Crippen molar-refractivity contribution >= 4 is 0 Å². The molecular weight excluding hydrogens is 184 g/mol. The number of H-pyrrole nitrogens is 1.